The van der Waals surface area contributed by atoms with Gasteiger partial charge >= 0.3 is 5.69 Å². The largest absolute Gasteiger partial charge is 0.494 e. The molecule has 3 aromatic rings. The minimum atomic E-state index is -0.566. The molecule has 138 valence electrons. The van der Waals surface area contributed by atoms with Crippen molar-refractivity contribution in [2.45, 2.75) is 6.92 Å². The van der Waals surface area contributed by atoms with E-state index in [1.807, 2.05) is 6.92 Å². The topological polar surface area (TPSA) is 115 Å². The molecule has 0 fully saturated rings. The van der Waals surface area contributed by atoms with E-state index in [4.69, 9.17) is 16.3 Å². The molecule has 0 unspecified atom stereocenters. The summed E-state index contributed by atoms with van der Waals surface area (Å²) in [5.41, 5.74) is 0.699. The van der Waals surface area contributed by atoms with Gasteiger partial charge in [-0.25, -0.2) is 15.0 Å². The first-order chi connectivity index (χ1) is 13.1. The van der Waals surface area contributed by atoms with Crippen molar-refractivity contribution in [2.75, 3.05) is 17.2 Å². The fourth-order valence-corrected chi connectivity index (χ4v) is 2.45. The lowest BCUT2D eigenvalue weighted by Gasteiger charge is -2.11. The SMILES string of the molecule is CCOc1ccc(Nc2ncnc(Nc3cccnc3Cl)c2[N+](=O)[O-])cc1. The molecule has 2 aromatic heterocycles. The average Bonchev–Trinajstić information content (AvgIpc) is 2.65. The number of halogens is 1. The summed E-state index contributed by atoms with van der Waals surface area (Å²) in [4.78, 5) is 22.9. The van der Waals surface area contributed by atoms with Gasteiger partial charge in [-0.2, -0.15) is 0 Å². The van der Waals surface area contributed by atoms with Crippen LogP contribution in [0.1, 0.15) is 6.92 Å². The predicted octanol–water partition coefficient (Wildman–Crippen LogP) is 4.32. The zero-order valence-corrected chi connectivity index (χ0v) is 15.0. The number of ether oxygens (including phenoxy) is 1. The Labute approximate surface area is 159 Å². The number of aromatic nitrogens is 3. The molecule has 10 heteroatoms. The molecule has 0 saturated carbocycles. The first-order valence-corrected chi connectivity index (χ1v) is 8.33. The molecule has 0 spiro atoms. The third-order valence-electron chi connectivity index (χ3n) is 3.45. The molecule has 2 N–H and O–H groups in total. The maximum atomic E-state index is 11.6. The molecule has 0 atom stereocenters. The number of pyridine rings is 1. The average molecular weight is 387 g/mol. The van der Waals surface area contributed by atoms with Crippen LogP contribution < -0.4 is 15.4 Å². The Bertz CT molecular complexity index is 952. The van der Waals surface area contributed by atoms with Gasteiger partial charge in [0.1, 0.15) is 12.1 Å². The standard InChI is InChI=1S/C17H15ClN6O3/c1-2-27-12-7-5-11(6-8-12)22-16-14(24(25)26)17(21-10-20-16)23-13-4-3-9-19-15(13)18/h3-10H,2H2,1H3,(H2,20,21,22,23). The van der Waals surface area contributed by atoms with Crippen LogP contribution in [0.4, 0.5) is 28.7 Å². The summed E-state index contributed by atoms with van der Waals surface area (Å²) in [7, 11) is 0. The molecule has 0 aliphatic rings. The van der Waals surface area contributed by atoms with Gasteiger partial charge in [0.2, 0.25) is 11.6 Å². The molecule has 9 nitrogen and oxygen atoms in total. The maximum absolute atomic E-state index is 11.6. The van der Waals surface area contributed by atoms with Gasteiger partial charge in [-0.1, -0.05) is 11.6 Å². The highest BCUT2D eigenvalue weighted by Crippen LogP contribution is 2.34. The van der Waals surface area contributed by atoms with E-state index in [0.717, 1.165) is 0 Å². The molecule has 0 aliphatic heterocycles. The third-order valence-corrected chi connectivity index (χ3v) is 3.75. The summed E-state index contributed by atoms with van der Waals surface area (Å²) in [5, 5.41) is 17.6. The van der Waals surface area contributed by atoms with Crippen LogP contribution in [0, 0.1) is 10.1 Å². The Morgan fingerprint density at radius 1 is 1.11 bits per heavy atom. The van der Waals surface area contributed by atoms with Crippen LogP contribution in [0.15, 0.2) is 48.9 Å². The molecular formula is C17H15ClN6O3. The van der Waals surface area contributed by atoms with Gasteiger partial charge in [0.05, 0.1) is 17.2 Å². The second-order valence-electron chi connectivity index (χ2n) is 5.23. The Morgan fingerprint density at radius 3 is 2.44 bits per heavy atom. The van der Waals surface area contributed by atoms with Gasteiger partial charge < -0.3 is 15.4 Å². The lowest BCUT2D eigenvalue weighted by Crippen LogP contribution is -2.06. The molecule has 0 radical (unpaired) electrons. The summed E-state index contributed by atoms with van der Waals surface area (Å²) in [6, 6.07) is 10.3. The number of hydrogen-bond donors (Lipinski definition) is 2. The monoisotopic (exact) mass is 386 g/mol. The number of nitrogens with zero attached hydrogens (tertiary/aromatic N) is 4. The van der Waals surface area contributed by atoms with E-state index in [1.54, 1.807) is 36.4 Å². The summed E-state index contributed by atoms with van der Waals surface area (Å²) in [6.07, 6.45) is 2.73. The third kappa shape index (κ3) is 4.39. The quantitative estimate of drug-likeness (QED) is 0.350. The molecular weight excluding hydrogens is 372 g/mol. The molecule has 3 rings (SSSR count). The molecule has 0 amide bonds. The molecule has 2 heterocycles. The van der Waals surface area contributed by atoms with Crippen LogP contribution in [0.5, 0.6) is 5.75 Å². The highest BCUT2D eigenvalue weighted by atomic mass is 35.5. The van der Waals surface area contributed by atoms with Crippen molar-refractivity contribution in [1.82, 2.24) is 15.0 Å². The number of benzene rings is 1. The highest BCUT2D eigenvalue weighted by molar-refractivity contribution is 6.32. The zero-order chi connectivity index (χ0) is 19.2. The van der Waals surface area contributed by atoms with Crippen molar-refractivity contribution < 1.29 is 9.66 Å². The second-order valence-corrected chi connectivity index (χ2v) is 5.58. The van der Waals surface area contributed by atoms with Crippen LogP contribution in [-0.2, 0) is 0 Å². The van der Waals surface area contributed by atoms with Gasteiger partial charge in [-0.15, -0.1) is 0 Å². The van der Waals surface area contributed by atoms with E-state index >= 15 is 0 Å². The predicted molar refractivity (Wildman–Crippen MR) is 102 cm³/mol. The lowest BCUT2D eigenvalue weighted by molar-refractivity contribution is -0.383. The van der Waals surface area contributed by atoms with Crippen molar-refractivity contribution >= 4 is 40.3 Å². The normalized spacial score (nSPS) is 10.3. The van der Waals surface area contributed by atoms with Crippen LogP contribution in [0.2, 0.25) is 5.15 Å². The summed E-state index contributed by atoms with van der Waals surface area (Å²) in [6.45, 7) is 2.44. The Balaban J connectivity index is 1.91. The zero-order valence-electron chi connectivity index (χ0n) is 14.2. The highest BCUT2D eigenvalue weighted by Gasteiger charge is 2.24. The second kappa shape index (κ2) is 8.28. The molecule has 1 aromatic carbocycles. The van der Waals surface area contributed by atoms with Crippen molar-refractivity contribution in [3.05, 3.63) is 64.2 Å². The van der Waals surface area contributed by atoms with Crippen molar-refractivity contribution in [1.29, 1.82) is 0 Å². The van der Waals surface area contributed by atoms with E-state index < -0.39 is 4.92 Å². The van der Waals surface area contributed by atoms with Crippen LogP contribution in [0.3, 0.4) is 0 Å². The van der Waals surface area contributed by atoms with Gasteiger partial charge in [-0.3, -0.25) is 10.1 Å². The van der Waals surface area contributed by atoms with Crippen molar-refractivity contribution in [3.63, 3.8) is 0 Å². The molecule has 27 heavy (non-hydrogen) atoms. The summed E-state index contributed by atoms with van der Waals surface area (Å²) >= 11 is 6.00. The fraction of sp³-hybridized carbons (Fsp3) is 0.118. The van der Waals surface area contributed by atoms with Crippen LogP contribution in [-0.4, -0.2) is 26.5 Å². The lowest BCUT2D eigenvalue weighted by atomic mass is 10.3. The van der Waals surface area contributed by atoms with E-state index in [9.17, 15) is 10.1 Å². The van der Waals surface area contributed by atoms with Crippen molar-refractivity contribution in [3.8, 4) is 5.75 Å². The van der Waals surface area contributed by atoms with E-state index in [2.05, 4.69) is 25.6 Å². The van der Waals surface area contributed by atoms with E-state index in [0.29, 0.717) is 23.7 Å². The molecule has 0 aliphatic carbocycles. The Kier molecular flexibility index (Phi) is 5.62. The first-order valence-electron chi connectivity index (χ1n) is 7.95. The number of nitrogens with one attached hydrogen (secondary N) is 2. The van der Waals surface area contributed by atoms with Gasteiger partial charge in [0.25, 0.3) is 0 Å². The fourth-order valence-electron chi connectivity index (χ4n) is 2.28. The van der Waals surface area contributed by atoms with E-state index in [1.165, 1.54) is 12.5 Å². The van der Waals surface area contributed by atoms with E-state index in [-0.39, 0.29) is 22.5 Å². The smallest absolute Gasteiger partial charge is 0.353 e. The first kappa shape index (κ1) is 18.3. The minimum Gasteiger partial charge on any atom is -0.494 e. The minimum absolute atomic E-state index is 0.00154. The number of anilines is 4. The van der Waals surface area contributed by atoms with Crippen LogP contribution >= 0.6 is 11.6 Å². The molecule has 0 saturated heterocycles. The van der Waals surface area contributed by atoms with Gasteiger partial charge in [-0.05, 0) is 43.3 Å². The van der Waals surface area contributed by atoms with Gasteiger partial charge in [0.15, 0.2) is 5.15 Å². The molecule has 0 bridgehead atoms. The number of nitro groups is 1. The maximum Gasteiger partial charge on any atom is 0.353 e. The Hall–Kier alpha value is -3.46. The Morgan fingerprint density at radius 2 is 1.81 bits per heavy atom. The number of rotatable bonds is 7. The summed E-state index contributed by atoms with van der Waals surface area (Å²) in [5.74, 6) is 0.744. The van der Waals surface area contributed by atoms with Gasteiger partial charge in [0, 0.05) is 11.9 Å². The number of hydrogen-bond acceptors (Lipinski definition) is 8. The van der Waals surface area contributed by atoms with Crippen LogP contribution in [0.25, 0.3) is 0 Å². The van der Waals surface area contributed by atoms with Crippen molar-refractivity contribution in [2.24, 2.45) is 0 Å². The summed E-state index contributed by atoms with van der Waals surface area (Å²) < 4.78 is 5.38.